The van der Waals surface area contributed by atoms with Crippen molar-refractivity contribution in [2.24, 2.45) is 11.7 Å². The second-order valence-electron chi connectivity index (χ2n) is 4.62. The van der Waals surface area contributed by atoms with E-state index in [4.69, 9.17) is 5.73 Å². The molecule has 0 aliphatic carbocycles. The molecule has 0 radical (unpaired) electrons. The topological polar surface area (TPSA) is 46.2 Å². The Balaban J connectivity index is 2.56. The van der Waals surface area contributed by atoms with E-state index in [1.54, 1.807) is 0 Å². The largest absolute Gasteiger partial charge is 0.391 e. The summed E-state index contributed by atoms with van der Waals surface area (Å²) in [5.74, 6) is 0.603. The molecule has 1 aromatic carbocycles. The summed E-state index contributed by atoms with van der Waals surface area (Å²) in [4.78, 5) is 0. The Bertz CT molecular complexity index is 310. The van der Waals surface area contributed by atoms with Crippen LogP contribution in [0.1, 0.15) is 38.3 Å². The molecule has 0 bridgehead atoms. The van der Waals surface area contributed by atoms with Crippen LogP contribution in [0.5, 0.6) is 0 Å². The van der Waals surface area contributed by atoms with Crippen molar-refractivity contribution in [3.8, 4) is 0 Å². The van der Waals surface area contributed by atoms with E-state index in [2.05, 4.69) is 29.8 Å². The molecule has 1 aromatic rings. The van der Waals surface area contributed by atoms with E-state index in [0.717, 1.165) is 22.9 Å². The van der Waals surface area contributed by atoms with Crippen LogP contribution in [-0.4, -0.2) is 11.2 Å². The average molecular weight is 286 g/mol. The van der Waals surface area contributed by atoms with Gasteiger partial charge in [-0.2, -0.15) is 0 Å². The summed E-state index contributed by atoms with van der Waals surface area (Å²) in [6.07, 6.45) is 1.31. The molecule has 90 valence electrons. The fraction of sp³-hybridized carbons (Fsp3) is 0.538. The Labute approximate surface area is 106 Å². The fourth-order valence-electron chi connectivity index (χ4n) is 1.59. The number of hydrogen-bond donors (Lipinski definition) is 2. The summed E-state index contributed by atoms with van der Waals surface area (Å²) in [6, 6.07) is 7.52. The molecular weight excluding hydrogens is 266 g/mol. The smallest absolute Gasteiger partial charge is 0.0732 e. The zero-order valence-electron chi connectivity index (χ0n) is 9.86. The van der Waals surface area contributed by atoms with Crippen molar-refractivity contribution < 1.29 is 5.11 Å². The first-order chi connectivity index (χ1) is 7.50. The van der Waals surface area contributed by atoms with Gasteiger partial charge in [0.15, 0.2) is 0 Å². The van der Waals surface area contributed by atoms with Gasteiger partial charge in [0.05, 0.1) is 12.1 Å². The highest BCUT2D eigenvalue weighted by Crippen LogP contribution is 2.21. The predicted octanol–water partition coefficient (Wildman–Crippen LogP) is 3.25. The number of hydrogen-bond acceptors (Lipinski definition) is 2. The molecule has 0 fully saturated rings. The van der Waals surface area contributed by atoms with Gasteiger partial charge < -0.3 is 10.8 Å². The van der Waals surface area contributed by atoms with Crippen molar-refractivity contribution in [1.29, 1.82) is 0 Å². The van der Waals surface area contributed by atoms with E-state index < -0.39 is 6.10 Å². The van der Waals surface area contributed by atoms with Gasteiger partial charge >= 0.3 is 0 Å². The summed E-state index contributed by atoms with van der Waals surface area (Å²) in [6.45, 7) is 4.30. The number of halogens is 1. The number of aliphatic hydroxyl groups excluding tert-OH is 1. The Morgan fingerprint density at radius 3 is 2.25 bits per heavy atom. The van der Waals surface area contributed by atoms with Crippen LogP contribution in [0.2, 0.25) is 0 Å². The summed E-state index contributed by atoms with van der Waals surface area (Å²) < 4.78 is 1.03. The summed E-state index contributed by atoms with van der Waals surface area (Å²) in [5, 5.41) is 9.95. The first-order valence-corrected chi connectivity index (χ1v) is 6.49. The fourth-order valence-corrected chi connectivity index (χ4v) is 1.86. The maximum absolute atomic E-state index is 9.95. The highest BCUT2D eigenvalue weighted by molar-refractivity contribution is 9.10. The lowest BCUT2D eigenvalue weighted by molar-refractivity contribution is 0.128. The zero-order chi connectivity index (χ0) is 12.1. The third-order valence-corrected chi connectivity index (χ3v) is 3.24. The molecule has 0 saturated carbocycles. The second-order valence-corrected chi connectivity index (χ2v) is 5.53. The molecule has 2 atom stereocenters. The molecule has 0 spiro atoms. The van der Waals surface area contributed by atoms with Gasteiger partial charge in [0.25, 0.3) is 0 Å². The maximum atomic E-state index is 9.95. The molecule has 3 heteroatoms. The lowest BCUT2D eigenvalue weighted by atomic mass is 9.96. The van der Waals surface area contributed by atoms with Crippen LogP contribution in [0.3, 0.4) is 0 Å². The molecule has 16 heavy (non-hydrogen) atoms. The molecule has 0 saturated heterocycles. The Morgan fingerprint density at radius 2 is 1.75 bits per heavy atom. The molecule has 0 unspecified atom stereocenters. The molecule has 1 rings (SSSR count). The van der Waals surface area contributed by atoms with Crippen LogP contribution in [0.25, 0.3) is 0 Å². The normalized spacial score (nSPS) is 15.1. The molecule has 0 aliphatic rings. The Kier molecular flexibility index (Phi) is 5.46. The minimum atomic E-state index is -0.455. The first-order valence-electron chi connectivity index (χ1n) is 5.70. The molecule has 0 aromatic heterocycles. The first kappa shape index (κ1) is 13.7. The van der Waals surface area contributed by atoms with Crippen molar-refractivity contribution in [1.82, 2.24) is 0 Å². The number of aliphatic hydroxyl groups is 1. The van der Waals surface area contributed by atoms with Gasteiger partial charge in [-0.1, -0.05) is 41.9 Å². The van der Waals surface area contributed by atoms with E-state index >= 15 is 0 Å². The average Bonchev–Trinajstić information content (AvgIpc) is 2.26. The second kappa shape index (κ2) is 6.38. The van der Waals surface area contributed by atoms with Crippen LogP contribution in [0.15, 0.2) is 28.7 Å². The van der Waals surface area contributed by atoms with Crippen LogP contribution in [-0.2, 0) is 0 Å². The Morgan fingerprint density at radius 1 is 1.19 bits per heavy atom. The minimum Gasteiger partial charge on any atom is -0.391 e. The SMILES string of the molecule is CC(C)CC[C@@H](O)[C@@H](N)c1ccc(Br)cc1. The van der Waals surface area contributed by atoms with Gasteiger partial charge in [0.2, 0.25) is 0 Å². The summed E-state index contributed by atoms with van der Waals surface area (Å²) in [5.41, 5.74) is 7.00. The highest BCUT2D eigenvalue weighted by Gasteiger charge is 2.16. The van der Waals surface area contributed by atoms with E-state index in [0.29, 0.717) is 5.92 Å². The van der Waals surface area contributed by atoms with E-state index in [9.17, 15) is 5.11 Å². The maximum Gasteiger partial charge on any atom is 0.0732 e. The van der Waals surface area contributed by atoms with Gasteiger partial charge in [-0.25, -0.2) is 0 Å². The third-order valence-electron chi connectivity index (χ3n) is 2.71. The van der Waals surface area contributed by atoms with Gasteiger partial charge in [0, 0.05) is 4.47 Å². The van der Waals surface area contributed by atoms with Crippen LogP contribution in [0, 0.1) is 5.92 Å². The minimum absolute atomic E-state index is 0.285. The van der Waals surface area contributed by atoms with Gasteiger partial charge in [0.1, 0.15) is 0 Å². The summed E-state index contributed by atoms with van der Waals surface area (Å²) >= 11 is 3.38. The van der Waals surface area contributed by atoms with Crippen molar-refractivity contribution in [2.75, 3.05) is 0 Å². The predicted molar refractivity (Wildman–Crippen MR) is 71.1 cm³/mol. The Hall–Kier alpha value is -0.380. The van der Waals surface area contributed by atoms with Crippen molar-refractivity contribution in [2.45, 2.75) is 38.8 Å². The number of benzene rings is 1. The monoisotopic (exact) mass is 285 g/mol. The number of rotatable bonds is 5. The van der Waals surface area contributed by atoms with Crippen LogP contribution < -0.4 is 5.73 Å². The standard InChI is InChI=1S/C13H20BrNO/c1-9(2)3-8-12(16)13(15)10-4-6-11(14)7-5-10/h4-7,9,12-13,16H,3,8,15H2,1-2H3/t12-,13+/m1/s1. The third kappa shape index (κ3) is 4.24. The molecular formula is C13H20BrNO. The molecule has 0 heterocycles. The molecule has 0 aliphatic heterocycles. The molecule has 0 amide bonds. The lowest BCUT2D eigenvalue weighted by Crippen LogP contribution is -2.26. The lowest BCUT2D eigenvalue weighted by Gasteiger charge is -2.20. The summed E-state index contributed by atoms with van der Waals surface area (Å²) in [7, 11) is 0. The van der Waals surface area contributed by atoms with Crippen molar-refractivity contribution >= 4 is 15.9 Å². The molecule has 3 N–H and O–H groups in total. The van der Waals surface area contributed by atoms with E-state index in [-0.39, 0.29) is 6.04 Å². The van der Waals surface area contributed by atoms with Gasteiger partial charge in [-0.05, 0) is 36.5 Å². The molecule has 2 nitrogen and oxygen atoms in total. The van der Waals surface area contributed by atoms with Crippen molar-refractivity contribution in [3.63, 3.8) is 0 Å². The van der Waals surface area contributed by atoms with E-state index in [1.807, 2.05) is 24.3 Å². The van der Waals surface area contributed by atoms with Crippen molar-refractivity contribution in [3.05, 3.63) is 34.3 Å². The van der Waals surface area contributed by atoms with Crippen LogP contribution in [0.4, 0.5) is 0 Å². The number of nitrogens with two attached hydrogens (primary N) is 1. The van der Waals surface area contributed by atoms with Crippen LogP contribution >= 0.6 is 15.9 Å². The highest BCUT2D eigenvalue weighted by atomic mass is 79.9. The van der Waals surface area contributed by atoms with Gasteiger partial charge in [-0.3, -0.25) is 0 Å². The van der Waals surface area contributed by atoms with Gasteiger partial charge in [-0.15, -0.1) is 0 Å². The van der Waals surface area contributed by atoms with E-state index in [1.165, 1.54) is 0 Å². The quantitative estimate of drug-likeness (QED) is 0.872. The zero-order valence-corrected chi connectivity index (χ0v) is 11.4.